The fraction of sp³-hybridized carbons (Fsp3) is 0.500. The molecule has 2 rings (SSSR count). The quantitative estimate of drug-likeness (QED) is 0.437. The van der Waals surface area contributed by atoms with Crippen molar-refractivity contribution in [3.63, 3.8) is 0 Å². The summed E-state index contributed by atoms with van der Waals surface area (Å²) in [7, 11) is 0. The molecule has 1 fully saturated rings. The van der Waals surface area contributed by atoms with Gasteiger partial charge < -0.3 is 20.6 Å². The van der Waals surface area contributed by atoms with Crippen LogP contribution in [-0.2, 0) is 9.59 Å². The fourth-order valence-electron chi connectivity index (χ4n) is 3.38. The van der Waals surface area contributed by atoms with E-state index in [1.807, 2.05) is 5.32 Å². The van der Waals surface area contributed by atoms with E-state index in [0.717, 1.165) is 14.3 Å². The predicted octanol–water partition coefficient (Wildman–Crippen LogP) is 2.07. The van der Waals surface area contributed by atoms with Crippen LogP contribution in [0.5, 0.6) is 0 Å². The largest absolute Gasteiger partial charge is 0.465 e. The van der Waals surface area contributed by atoms with Crippen molar-refractivity contribution in [1.82, 2.24) is 20.4 Å². The Kier molecular flexibility index (Phi) is 8.83. The predicted molar refractivity (Wildman–Crippen MR) is 114 cm³/mol. The van der Waals surface area contributed by atoms with Gasteiger partial charge in [0.15, 0.2) is 5.78 Å². The second-order valence-corrected chi connectivity index (χ2v) is 8.83. The van der Waals surface area contributed by atoms with Crippen LogP contribution in [0.25, 0.3) is 0 Å². The lowest BCUT2D eigenvalue weighted by molar-refractivity contribution is -0.148. The van der Waals surface area contributed by atoms with E-state index in [4.69, 9.17) is 5.11 Å². The minimum atomic E-state index is -4.56. The number of nitrogens with zero attached hydrogens (tertiary/aromatic N) is 2. The van der Waals surface area contributed by atoms with Gasteiger partial charge in [-0.3, -0.25) is 19.3 Å². The Bertz CT molecular complexity index is 895. The fourth-order valence-corrected chi connectivity index (χ4v) is 3.64. The van der Waals surface area contributed by atoms with Crippen molar-refractivity contribution in [3.05, 3.63) is 34.3 Å². The standard InChI is InChI=1S/C20H24BrF3N4O5/c1-11(2)16(26-19(32)33)18(31)28-10-27(9-20(22,23)24)8-14(28)17(30)25-7-15(29)12-3-5-13(21)6-4-12/h3-6,11,14,16,26H,7-10H2,1-2H3,(H,25,30)(H,32,33). The van der Waals surface area contributed by atoms with Gasteiger partial charge >= 0.3 is 12.3 Å². The van der Waals surface area contributed by atoms with Gasteiger partial charge in [0.2, 0.25) is 11.8 Å². The third-order valence-electron chi connectivity index (χ3n) is 4.95. The highest BCUT2D eigenvalue weighted by molar-refractivity contribution is 9.10. The Labute approximate surface area is 196 Å². The molecule has 9 nitrogen and oxygen atoms in total. The van der Waals surface area contributed by atoms with Gasteiger partial charge in [-0.25, -0.2) is 4.79 Å². The molecular weight excluding hydrogens is 513 g/mol. The molecule has 2 unspecified atom stereocenters. The van der Waals surface area contributed by atoms with Crippen LogP contribution in [0.1, 0.15) is 24.2 Å². The first-order valence-electron chi connectivity index (χ1n) is 9.94. The van der Waals surface area contributed by atoms with Crippen molar-refractivity contribution < 1.29 is 37.5 Å². The topological polar surface area (TPSA) is 119 Å². The lowest BCUT2D eigenvalue weighted by Gasteiger charge is -2.29. The number of nitrogens with one attached hydrogen (secondary N) is 2. The first-order valence-corrected chi connectivity index (χ1v) is 10.7. The molecule has 0 aliphatic carbocycles. The number of alkyl halides is 3. The van der Waals surface area contributed by atoms with Gasteiger partial charge in [0.25, 0.3) is 0 Å². The highest BCUT2D eigenvalue weighted by Gasteiger charge is 2.44. The Morgan fingerprint density at radius 3 is 2.30 bits per heavy atom. The highest BCUT2D eigenvalue weighted by atomic mass is 79.9. The first kappa shape index (κ1) is 26.6. The van der Waals surface area contributed by atoms with Crippen LogP contribution in [0, 0.1) is 5.92 Å². The molecule has 0 spiro atoms. The third kappa shape index (κ3) is 7.70. The monoisotopic (exact) mass is 536 g/mol. The smallest absolute Gasteiger partial charge is 0.405 e. The SMILES string of the molecule is CC(C)C(NC(=O)O)C(=O)N1CN(CC(F)(F)F)CC1C(=O)NCC(=O)c1ccc(Br)cc1. The summed E-state index contributed by atoms with van der Waals surface area (Å²) in [6.07, 6.45) is -6.04. The summed E-state index contributed by atoms with van der Waals surface area (Å²) in [5.74, 6) is -2.58. The molecular formula is C20H24BrF3N4O5. The molecule has 0 aromatic heterocycles. The van der Waals surface area contributed by atoms with Crippen LogP contribution < -0.4 is 10.6 Å². The van der Waals surface area contributed by atoms with Crippen LogP contribution in [0.15, 0.2) is 28.7 Å². The number of rotatable bonds is 8. The summed E-state index contributed by atoms with van der Waals surface area (Å²) in [4.78, 5) is 50.9. The van der Waals surface area contributed by atoms with E-state index in [-0.39, 0.29) is 0 Å². The van der Waals surface area contributed by atoms with E-state index in [0.29, 0.717) is 5.56 Å². The van der Waals surface area contributed by atoms with E-state index < -0.39 is 74.2 Å². The third-order valence-corrected chi connectivity index (χ3v) is 5.48. The highest BCUT2D eigenvalue weighted by Crippen LogP contribution is 2.23. The minimum Gasteiger partial charge on any atom is -0.465 e. The van der Waals surface area contributed by atoms with Gasteiger partial charge in [-0.1, -0.05) is 41.9 Å². The molecule has 182 valence electrons. The van der Waals surface area contributed by atoms with E-state index >= 15 is 0 Å². The number of carbonyl (C=O) groups excluding carboxylic acids is 3. The Morgan fingerprint density at radius 1 is 1.18 bits per heavy atom. The van der Waals surface area contributed by atoms with Gasteiger partial charge in [0.1, 0.15) is 12.1 Å². The average Bonchev–Trinajstić information content (AvgIpc) is 3.11. The average molecular weight is 537 g/mol. The van der Waals surface area contributed by atoms with Crippen molar-refractivity contribution in [2.75, 3.05) is 26.3 Å². The second kappa shape index (κ2) is 11.0. The molecule has 1 saturated heterocycles. The van der Waals surface area contributed by atoms with Gasteiger partial charge in [-0.2, -0.15) is 13.2 Å². The molecule has 1 aromatic carbocycles. The number of Topliss-reactive ketones (excluding diaryl/α,β-unsaturated/α-hetero) is 1. The summed E-state index contributed by atoms with van der Waals surface area (Å²) in [5, 5.41) is 13.4. The van der Waals surface area contributed by atoms with Gasteiger partial charge in [-0.15, -0.1) is 0 Å². The molecule has 1 aliphatic heterocycles. The normalized spacial score (nSPS) is 17.7. The zero-order valence-electron chi connectivity index (χ0n) is 17.9. The Morgan fingerprint density at radius 2 is 1.79 bits per heavy atom. The van der Waals surface area contributed by atoms with Gasteiger partial charge in [-0.05, 0) is 18.1 Å². The molecule has 1 heterocycles. The van der Waals surface area contributed by atoms with Crippen LogP contribution >= 0.6 is 15.9 Å². The van der Waals surface area contributed by atoms with Crippen LogP contribution in [-0.4, -0.2) is 83.2 Å². The lowest BCUT2D eigenvalue weighted by atomic mass is 10.0. The van der Waals surface area contributed by atoms with Crippen LogP contribution in [0.3, 0.4) is 0 Å². The molecule has 3 N–H and O–H groups in total. The van der Waals surface area contributed by atoms with Crippen molar-refractivity contribution in [3.8, 4) is 0 Å². The van der Waals surface area contributed by atoms with E-state index in [2.05, 4.69) is 21.2 Å². The number of benzene rings is 1. The number of hydrogen-bond donors (Lipinski definition) is 3. The van der Waals surface area contributed by atoms with E-state index in [9.17, 15) is 32.3 Å². The maximum Gasteiger partial charge on any atom is 0.405 e. The summed E-state index contributed by atoms with van der Waals surface area (Å²) < 4.78 is 39.5. The zero-order chi connectivity index (χ0) is 24.9. The maximum atomic E-state index is 13.0. The molecule has 1 aliphatic rings. The summed E-state index contributed by atoms with van der Waals surface area (Å²) in [6, 6.07) is 3.79. The summed E-state index contributed by atoms with van der Waals surface area (Å²) in [5.41, 5.74) is 0.321. The molecule has 0 radical (unpaired) electrons. The van der Waals surface area contributed by atoms with Crippen molar-refractivity contribution in [2.45, 2.75) is 32.1 Å². The second-order valence-electron chi connectivity index (χ2n) is 7.91. The van der Waals surface area contributed by atoms with Crippen LogP contribution in [0.2, 0.25) is 0 Å². The van der Waals surface area contributed by atoms with Crippen molar-refractivity contribution in [2.24, 2.45) is 5.92 Å². The molecule has 0 bridgehead atoms. The van der Waals surface area contributed by atoms with Gasteiger partial charge in [0, 0.05) is 16.6 Å². The lowest BCUT2D eigenvalue weighted by Crippen LogP contribution is -2.55. The van der Waals surface area contributed by atoms with Crippen LogP contribution in [0.4, 0.5) is 18.0 Å². The zero-order valence-corrected chi connectivity index (χ0v) is 19.4. The Balaban J connectivity index is 2.16. The summed E-state index contributed by atoms with van der Waals surface area (Å²) >= 11 is 3.24. The number of halogens is 4. The number of carboxylic acid groups (broad SMARTS) is 1. The molecule has 1 aromatic rings. The summed E-state index contributed by atoms with van der Waals surface area (Å²) in [6.45, 7) is 0.432. The minimum absolute atomic E-state index is 0.321. The maximum absolute atomic E-state index is 13.0. The molecule has 33 heavy (non-hydrogen) atoms. The van der Waals surface area contributed by atoms with E-state index in [1.54, 1.807) is 38.1 Å². The van der Waals surface area contributed by atoms with Gasteiger partial charge in [0.05, 0.1) is 19.8 Å². The molecule has 3 amide bonds. The number of hydrogen-bond acceptors (Lipinski definition) is 5. The molecule has 2 atom stereocenters. The first-order chi connectivity index (χ1) is 15.3. The van der Waals surface area contributed by atoms with Crippen molar-refractivity contribution >= 4 is 39.6 Å². The number of carbonyl (C=O) groups is 4. The Hall–Kier alpha value is -2.67. The number of amides is 3. The van der Waals surface area contributed by atoms with Crippen molar-refractivity contribution in [1.29, 1.82) is 0 Å². The van der Waals surface area contributed by atoms with E-state index in [1.165, 1.54) is 0 Å². The number of ketones is 1. The molecule has 0 saturated carbocycles. The molecule has 13 heteroatoms.